The van der Waals surface area contributed by atoms with Crippen molar-refractivity contribution in [1.29, 1.82) is 0 Å². The first kappa shape index (κ1) is 26.6. The number of rotatable bonds is 6. The van der Waals surface area contributed by atoms with E-state index in [1.165, 1.54) is 11.8 Å². The van der Waals surface area contributed by atoms with Crippen molar-refractivity contribution in [3.05, 3.63) is 96.6 Å². The molecule has 0 unspecified atom stereocenters. The molecule has 9 nitrogen and oxygen atoms in total. The number of para-hydroxylation sites is 1. The number of esters is 1. The minimum atomic E-state index is -0.656. The third kappa shape index (κ3) is 5.83. The number of methoxy groups -OCH3 is 1. The maximum Gasteiger partial charge on any atom is 0.435 e. The number of benzene rings is 2. The molecule has 202 valence electrons. The van der Waals surface area contributed by atoms with E-state index in [0.717, 1.165) is 22.1 Å². The second-order valence-electron chi connectivity index (χ2n) is 10.0. The third-order valence-electron chi connectivity index (χ3n) is 5.98. The maximum atomic E-state index is 12.7. The number of carbonyl (C=O) groups excluding carboxylic acids is 2. The lowest BCUT2D eigenvalue weighted by molar-refractivity contribution is 0.0514. The Hall–Kier alpha value is -5.05. The summed E-state index contributed by atoms with van der Waals surface area (Å²) in [5.41, 5.74) is 4.09. The highest BCUT2D eigenvalue weighted by atomic mass is 16.6. The molecule has 3 aromatic heterocycles. The van der Waals surface area contributed by atoms with Gasteiger partial charge in [-0.2, -0.15) is 9.78 Å². The van der Waals surface area contributed by atoms with Gasteiger partial charge in [0.2, 0.25) is 0 Å². The van der Waals surface area contributed by atoms with E-state index >= 15 is 0 Å². The predicted molar refractivity (Wildman–Crippen MR) is 150 cm³/mol. The molecule has 0 atom stereocenters. The van der Waals surface area contributed by atoms with E-state index in [1.807, 2.05) is 81.4 Å². The fourth-order valence-electron chi connectivity index (χ4n) is 4.18. The van der Waals surface area contributed by atoms with E-state index in [1.54, 1.807) is 24.7 Å². The van der Waals surface area contributed by atoms with Crippen LogP contribution in [0.3, 0.4) is 0 Å². The summed E-state index contributed by atoms with van der Waals surface area (Å²) in [5, 5.41) is 5.28. The first-order valence-electron chi connectivity index (χ1n) is 12.7. The summed E-state index contributed by atoms with van der Waals surface area (Å²) in [5.74, 6) is 0.176. The van der Waals surface area contributed by atoms with E-state index in [4.69, 9.17) is 14.2 Å². The Morgan fingerprint density at radius 2 is 1.65 bits per heavy atom. The van der Waals surface area contributed by atoms with Crippen LogP contribution in [-0.2, 0) is 16.1 Å². The minimum absolute atomic E-state index is 0.156. The molecular formula is C31H28N4O5. The lowest BCUT2D eigenvalue weighted by atomic mass is 10.0. The van der Waals surface area contributed by atoms with Gasteiger partial charge in [-0.3, -0.25) is 4.98 Å². The Morgan fingerprint density at radius 3 is 2.35 bits per heavy atom. The lowest BCUT2D eigenvalue weighted by Gasteiger charge is -2.18. The number of carbonyl (C=O) groups is 2. The number of ether oxygens (including phenoxy) is 3. The van der Waals surface area contributed by atoms with Gasteiger partial charge >= 0.3 is 12.1 Å². The summed E-state index contributed by atoms with van der Waals surface area (Å²) >= 11 is 0. The summed E-state index contributed by atoms with van der Waals surface area (Å²) < 4.78 is 17.7. The molecule has 0 N–H and O–H groups in total. The number of fused-ring (bicyclic) bond motifs is 1. The molecule has 0 aliphatic heterocycles. The van der Waals surface area contributed by atoms with Crippen molar-refractivity contribution >= 4 is 23.0 Å². The van der Waals surface area contributed by atoms with Gasteiger partial charge in [-0.15, -0.1) is 0 Å². The first-order valence-corrected chi connectivity index (χ1v) is 12.7. The van der Waals surface area contributed by atoms with Gasteiger partial charge in [-0.25, -0.2) is 14.6 Å². The Balaban J connectivity index is 1.40. The molecule has 5 rings (SSSR count). The zero-order valence-electron chi connectivity index (χ0n) is 22.6. The molecule has 0 amide bonds. The average Bonchev–Trinajstić information content (AvgIpc) is 3.41. The van der Waals surface area contributed by atoms with E-state index < -0.39 is 17.7 Å². The number of hydrogen-bond acceptors (Lipinski definition) is 8. The van der Waals surface area contributed by atoms with Gasteiger partial charge in [-0.1, -0.05) is 18.2 Å². The predicted octanol–water partition coefficient (Wildman–Crippen LogP) is 6.31. The molecule has 0 saturated heterocycles. The molecular weight excluding hydrogens is 508 g/mol. The van der Waals surface area contributed by atoms with E-state index in [-0.39, 0.29) is 6.61 Å². The molecule has 3 heterocycles. The number of hydrogen-bond donors (Lipinski definition) is 0. The highest BCUT2D eigenvalue weighted by Crippen LogP contribution is 2.32. The van der Waals surface area contributed by atoms with Crippen molar-refractivity contribution < 1.29 is 23.8 Å². The van der Waals surface area contributed by atoms with Crippen LogP contribution < -0.4 is 4.74 Å². The van der Waals surface area contributed by atoms with Crippen molar-refractivity contribution in [3.8, 4) is 28.1 Å². The Bertz CT molecular complexity index is 1670. The van der Waals surface area contributed by atoms with E-state index in [0.29, 0.717) is 28.2 Å². The Morgan fingerprint density at radius 1 is 0.925 bits per heavy atom. The highest BCUT2D eigenvalue weighted by molar-refractivity contribution is 6.03. The van der Waals surface area contributed by atoms with Gasteiger partial charge in [0.15, 0.2) is 0 Å². The van der Waals surface area contributed by atoms with Gasteiger partial charge < -0.3 is 14.2 Å². The zero-order valence-corrected chi connectivity index (χ0v) is 22.6. The minimum Gasteiger partial charge on any atom is -0.487 e. The van der Waals surface area contributed by atoms with Gasteiger partial charge in [0.1, 0.15) is 23.7 Å². The van der Waals surface area contributed by atoms with Crippen LogP contribution >= 0.6 is 0 Å². The van der Waals surface area contributed by atoms with Crippen LogP contribution in [0.5, 0.6) is 5.75 Å². The zero-order chi connectivity index (χ0) is 28.3. The van der Waals surface area contributed by atoms with Gasteiger partial charge in [-0.05, 0) is 74.9 Å². The van der Waals surface area contributed by atoms with Crippen LogP contribution in [0.2, 0.25) is 0 Å². The Kier molecular flexibility index (Phi) is 7.29. The maximum absolute atomic E-state index is 12.7. The van der Waals surface area contributed by atoms with Crippen molar-refractivity contribution in [2.75, 3.05) is 7.11 Å². The average molecular weight is 537 g/mol. The van der Waals surface area contributed by atoms with Crippen LogP contribution in [0.1, 0.15) is 36.8 Å². The van der Waals surface area contributed by atoms with Gasteiger partial charge in [0, 0.05) is 35.1 Å². The summed E-state index contributed by atoms with van der Waals surface area (Å²) in [7, 11) is 1.35. The monoisotopic (exact) mass is 536 g/mol. The molecule has 0 aliphatic carbocycles. The van der Waals surface area contributed by atoms with Gasteiger partial charge in [0.25, 0.3) is 0 Å². The summed E-state index contributed by atoms with van der Waals surface area (Å²) in [4.78, 5) is 33.8. The summed E-state index contributed by atoms with van der Waals surface area (Å²) in [6.45, 7) is 5.58. The second-order valence-corrected chi connectivity index (χ2v) is 10.0. The van der Waals surface area contributed by atoms with Crippen LogP contribution in [0.25, 0.3) is 33.3 Å². The van der Waals surface area contributed by atoms with Crippen molar-refractivity contribution in [3.63, 3.8) is 0 Å². The highest BCUT2D eigenvalue weighted by Gasteiger charge is 2.22. The first-order chi connectivity index (χ1) is 19.2. The van der Waals surface area contributed by atoms with E-state index in [9.17, 15) is 9.59 Å². The number of nitrogens with zero attached hydrogens (tertiary/aromatic N) is 4. The Labute approximate surface area is 231 Å². The number of aromatic nitrogens is 4. The molecule has 2 aromatic carbocycles. The quantitative estimate of drug-likeness (QED) is 0.233. The second kappa shape index (κ2) is 11.0. The van der Waals surface area contributed by atoms with Crippen molar-refractivity contribution in [2.24, 2.45) is 0 Å². The lowest BCUT2D eigenvalue weighted by Crippen LogP contribution is -2.27. The fraction of sp³-hybridized carbons (Fsp3) is 0.194. The van der Waals surface area contributed by atoms with E-state index in [2.05, 4.69) is 15.1 Å². The molecule has 40 heavy (non-hydrogen) atoms. The molecule has 0 fully saturated rings. The van der Waals surface area contributed by atoms with Crippen LogP contribution in [0, 0.1) is 0 Å². The van der Waals surface area contributed by atoms with Gasteiger partial charge in [0.05, 0.1) is 23.9 Å². The SMILES string of the molecule is COC(=O)c1cc(COc2ccc(-c3nn(C(=O)OC(C)(C)C)cc3-c3ccncc3)cc2)nc2ccccc12. The summed E-state index contributed by atoms with van der Waals surface area (Å²) in [6, 6.07) is 20.2. The molecule has 0 saturated carbocycles. The van der Waals surface area contributed by atoms with Crippen LogP contribution in [-0.4, -0.2) is 44.5 Å². The topological polar surface area (TPSA) is 105 Å². The van der Waals surface area contributed by atoms with Crippen LogP contribution in [0.15, 0.2) is 85.3 Å². The largest absolute Gasteiger partial charge is 0.487 e. The normalized spacial score (nSPS) is 11.3. The van der Waals surface area contributed by atoms with Crippen LogP contribution in [0.4, 0.5) is 4.79 Å². The molecule has 0 spiro atoms. The van der Waals surface area contributed by atoms with Crippen molar-refractivity contribution in [1.82, 2.24) is 19.7 Å². The standard InChI is InChI=1S/C31H28N4O5/c1-31(2,3)40-30(37)35-18-26(20-13-15-32-16-14-20)28(34-35)21-9-11-23(12-10-21)39-19-22-17-25(29(36)38-4)24-7-5-6-8-27(24)33-22/h5-18H,19H2,1-4H3. The molecule has 9 heteroatoms. The third-order valence-corrected chi connectivity index (χ3v) is 5.98. The fourth-order valence-corrected chi connectivity index (χ4v) is 4.18. The molecule has 5 aromatic rings. The molecule has 0 radical (unpaired) electrons. The summed E-state index contributed by atoms with van der Waals surface area (Å²) in [6.07, 6.45) is 4.47. The molecule has 0 aliphatic rings. The van der Waals surface area contributed by atoms with Crippen molar-refractivity contribution in [2.45, 2.75) is 33.0 Å². The molecule has 0 bridgehead atoms. The number of pyridine rings is 2. The smallest absolute Gasteiger partial charge is 0.435 e.